The zero-order chi connectivity index (χ0) is 10.6. The minimum Gasteiger partial charge on any atom is -0.317 e. The Kier molecular flexibility index (Phi) is 5.10. The lowest BCUT2D eigenvalue weighted by Gasteiger charge is -2.13. The van der Waals surface area contributed by atoms with Crippen LogP contribution < -0.4 is 5.32 Å². The van der Waals surface area contributed by atoms with Gasteiger partial charge in [-0.1, -0.05) is 20.3 Å². The van der Waals surface area contributed by atoms with Gasteiger partial charge in [0.25, 0.3) is 0 Å². The highest BCUT2D eigenvalue weighted by Crippen LogP contribution is 2.24. The molecule has 0 amide bonds. The van der Waals surface area contributed by atoms with Gasteiger partial charge in [-0.3, -0.25) is 4.21 Å². The Morgan fingerprint density at radius 2 is 2.21 bits per heavy atom. The molecular weight excluding hydrogens is 194 g/mol. The van der Waals surface area contributed by atoms with Crippen LogP contribution >= 0.6 is 0 Å². The molecule has 0 bridgehead atoms. The Labute approximate surface area is 90.3 Å². The second kappa shape index (κ2) is 5.86. The van der Waals surface area contributed by atoms with Crippen LogP contribution in [0.5, 0.6) is 0 Å². The molecule has 1 fully saturated rings. The van der Waals surface area contributed by atoms with Crippen molar-refractivity contribution in [3.8, 4) is 0 Å². The summed E-state index contributed by atoms with van der Waals surface area (Å²) >= 11 is 0. The van der Waals surface area contributed by atoms with Gasteiger partial charge < -0.3 is 5.32 Å². The van der Waals surface area contributed by atoms with Gasteiger partial charge >= 0.3 is 0 Å². The minimum atomic E-state index is -0.588. The number of nitrogens with one attached hydrogen (secondary N) is 1. The molecule has 3 heteroatoms. The molecule has 14 heavy (non-hydrogen) atoms. The van der Waals surface area contributed by atoms with Crippen LogP contribution in [0.2, 0.25) is 0 Å². The fraction of sp³-hybridized carbons (Fsp3) is 1.00. The van der Waals surface area contributed by atoms with Crippen LogP contribution in [-0.4, -0.2) is 28.3 Å². The lowest BCUT2D eigenvalue weighted by Crippen LogP contribution is -2.24. The molecule has 1 N–H and O–H groups in total. The van der Waals surface area contributed by atoms with Crippen LogP contribution in [-0.2, 0) is 10.8 Å². The van der Waals surface area contributed by atoms with E-state index in [0.29, 0.717) is 17.2 Å². The largest absolute Gasteiger partial charge is 0.317 e. The van der Waals surface area contributed by atoms with Crippen molar-refractivity contribution in [3.05, 3.63) is 0 Å². The molecule has 0 aliphatic heterocycles. The smallest absolute Gasteiger partial charge is 0.0363 e. The van der Waals surface area contributed by atoms with Gasteiger partial charge in [0.05, 0.1) is 0 Å². The van der Waals surface area contributed by atoms with Gasteiger partial charge in [0.2, 0.25) is 0 Å². The first-order valence-electron chi connectivity index (χ1n) is 5.71. The SMILES string of the molecule is CCC(C)CS(=O)C1CCC(NC)C1. The maximum absolute atomic E-state index is 12.0. The summed E-state index contributed by atoms with van der Waals surface area (Å²) in [7, 11) is 1.42. The minimum absolute atomic E-state index is 0.460. The highest BCUT2D eigenvalue weighted by atomic mass is 32.2. The molecule has 0 heterocycles. The van der Waals surface area contributed by atoms with Crippen molar-refractivity contribution in [2.45, 2.75) is 50.8 Å². The van der Waals surface area contributed by atoms with Crippen LogP contribution in [0.1, 0.15) is 39.5 Å². The Balaban J connectivity index is 2.32. The fourth-order valence-corrected chi connectivity index (χ4v) is 3.89. The predicted molar refractivity (Wildman–Crippen MR) is 63.0 cm³/mol. The van der Waals surface area contributed by atoms with Gasteiger partial charge in [0, 0.05) is 27.8 Å². The molecule has 0 aromatic heterocycles. The van der Waals surface area contributed by atoms with Gasteiger partial charge in [0.1, 0.15) is 0 Å². The third kappa shape index (κ3) is 3.35. The van der Waals surface area contributed by atoms with Crippen LogP contribution in [0.3, 0.4) is 0 Å². The van der Waals surface area contributed by atoms with Gasteiger partial charge in [-0.2, -0.15) is 0 Å². The monoisotopic (exact) mass is 217 g/mol. The maximum Gasteiger partial charge on any atom is 0.0363 e. The van der Waals surface area contributed by atoms with Crippen molar-refractivity contribution >= 4 is 10.8 Å². The number of hydrogen-bond acceptors (Lipinski definition) is 2. The zero-order valence-corrected chi connectivity index (χ0v) is 10.4. The average molecular weight is 217 g/mol. The second-order valence-electron chi connectivity index (χ2n) is 4.48. The van der Waals surface area contributed by atoms with Crippen molar-refractivity contribution in [2.24, 2.45) is 5.92 Å². The molecule has 1 aliphatic rings. The van der Waals surface area contributed by atoms with E-state index in [1.165, 1.54) is 6.42 Å². The summed E-state index contributed by atoms with van der Waals surface area (Å²) in [5.74, 6) is 1.52. The third-order valence-corrected chi connectivity index (χ3v) is 5.38. The van der Waals surface area contributed by atoms with Gasteiger partial charge in [0.15, 0.2) is 0 Å². The summed E-state index contributed by atoms with van der Waals surface area (Å²) in [6.07, 6.45) is 4.61. The van der Waals surface area contributed by atoms with Gasteiger partial charge in [-0.15, -0.1) is 0 Å². The van der Waals surface area contributed by atoms with E-state index in [9.17, 15) is 4.21 Å². The molecule has 1 aliphatic carbocycles. The summed E-state index contributed by atoms with van der Waals surface area (Å²) in [4.78, 5) is 0. The van der Waals surface area contributed by atoms with E-state index < -0.39 is 10.8 Å². The third-order valence-electron chi connectivity index (χ3n) is 3.31. The fourth-order valence-electron chi connectivity index (χ4n) is 1.98. The van der Waals surface area contributed by atoms with Crippen LogP contribution in [0.25, 0.3) is 0 Å². The molecular formula is C11H23NOS. The van der Waals surface area contributed by atoms with Crippen molar-refractivity contribution in [3.63, 3.8) is 0 Å². The summed E-state index contributed by atoms with van der Waals surface area (Å²) in [5, 5.41) is 3.74. The van der Waals surface area contributed by atoms with Gasteiger partial charge in [-0.05, 0) is 32.2 Å². The van der Waals surface area contributed by atoms with E-state index in [-0.39, 0.29) is 0 Å². The molecule has 0 aromatic rings. The first-order chi connectivity index (χ1) is 6.67. The van der Waals surface area contributed by atoms with Crippen molar-refractivity contribution in [2.75, 3.05) is 12.8 Å². The Morgan fingerprint density at radius 3 is 2.71 bits per heavy atom. The number of rotatable bonds is 5. The summed E-state index contributed by atoms with van der Waals surface area (Å²) in [6, 6.07) is 0.612. The van der Waals surface area contributed by atoms with E-state index in [0.717, 1.165) is 25.0 Å². The standard InChI is InChI=1S/C11H23NOS/c1-4-9(2)8-14(13)11-6-5-10(7-11)12-3/h9-12H,4-8H2,1-3H3. The molecule has 4 atom stereocenters. The normalized spacial score (nSPS) is 31.6. The second-order valence-corrected chi connectivity index (χ2v) is 6.24. The van der Waals surface area contributed by atoms with Crippen molar-refractivity contribution in [1.29, 1.82) is 0 Å². The first-order valence-corrected chi connectivity index (χ1v) is 7.10. The summed E-state index contributed by atoms with van der Waals surface area (Å²) in [5.41, 5.74) is 0. The van der Waals surface area contributed by atoms with E-state index in [1.807, 2.05) is 7.05 Å². The van der Waals surface area contributed by atoms with E-state index in [2.05, 4.69) is 19.2 Å². The summed E-state index contributed by atoms with van der Waals surface area (Å²) in [6.45, 7) is 4.37. The summed E-state index contributed by atoms with van der Waals surface area (Å²) < 4.78 is 12.0. The molecule has 0 radical (unpaired) electrons. The van der Waals surface area contributed by atoms with Crippen LogP contribution in [0.4, 0.5) is 0 Å². The molecule has 0 aromatic carbocycles. The molecule has 4 unspecified atom stereocenters. The topological polar surface area (TPSA) is 29.1 Å². The molecule has 2 nitrogen and oxygen atoms in total. The lowest BCUT2D eigenvalue weighted by atomic mass is 10.2. The highest BCUT2D eigenvalue weighted by molar-refractivity contribution is 7.85. The zero-order valence-electron chi connectivity index (χ0n) is 9.58. The molecule has 1 saturated carbocycles. The van der Waals surface area contributed by atoms with E-state index in [1.54, 1.807) is 0 Å². The molecule has 84 valence electrons. The predicted octanol–water partition coefficient (Wildman–Crippen LogP) is 1.92. The molecule has 0 saturated heterocycles. The molecule has 1 rings (SSSR count). The highest BCUT2D eigenvalue weighted by Gasteiger charge is 2.28. The Bertz CT molecular complexity index is 196. The molecule has 0 spiro atoms. The maximum atomic E-state index is 12.0. The van der Waals surface area contributed by atoms with Crippen LogP contribution in [0, 0.1) is 5.92 Å². The van der Waals surface area contributed by atoms with E-state index >= 15 is 0 Å². The van der Waals surface area contributed by atoms with Crippen LogP contribution in [0.15, 0.2) is 0 Å². The number of hydrogen-bond donors (Lipinski definition) is 1. The van der Waals surface area contributed by atoms with Crippen molar-refractivity contribution in [1.82, 2.24) is 5.32 Å². The lowest BCUT2D eigenvalue weighted by molar-refractivity contribution is 0.578. The Morgan fingerprint density at radius 1 is 1.50 bits per heavy atom. The first kappa shape index (κ1) is 12.2. The quantitative estimate of drug-likeness (QED) is 0.762. The Hall–Kier alpha value is 0.110. The average Bonchev–Trinajstić information content (AvgIpc) is 2.65. The van der Waals surface area contributed by atoms with Gasteiger partial charge in [-0.25, -0.2) is 0 Å². The van der Waals surface area contributed by atoms with E-state index in [4.69, 9.17) is 0 Å². The van der Waals surface area contributed by atoms with Crippen molar-refractivity contribution < 1.29 is 4.21 Å².